The van der Waals surface area contributed by atoms with Gasteiger partial charge in [-0.3, -0.25) is 0 Å². The molecule has 1 atom stereocenters. The van der Waals surface area contributed by atoms with Gasteiger partial charge < -0.3 is 9.47 Å². The number of carbonyl (C=O) groups excluding carboxylic acids is 1. The van der Waals surface area contributed by atoms with Gasteiger partial charge in [0.2, 0.25) is 0 Å². The van der Waals surface area contributed by atoms with Gasteiger partial charge in [0.05, 0.1) is 0 Å². The summed E-state index contributed by atoms with van der Waals surface area (Å²) < 4.78 is 10.8. The highest BCUT2D eigenvalue weighted by Crippen LogP contribution is 2.38. The number of fused-ring (bicyclic) bond motifs is 3. The average Bonchev–Trinajstić information content (AvgIpc) is 2.61. The molecule has 0 aromatic heterocycles. The van der Waals surface area contributed by atoms with Crippen molar-refractivity contribution in [3.8, 4) is 5.75 Å². The second-order valence-corrected chi connectivity index (χ2v) is 4.92. The van der Waals surface area contributed by atoms with Crippen molar-refractivity contribution in [2.75, 3.05) is 0 Å². The first kappa shape index (κ1) is 12.7. The van der Waals surface area contributed by atoms with Crippen molar-refractivity contribution in [1.82, 2.24) is 0 Å². The summed E-state index contributed by atoms with van der Waals surface area (Å²) in [5.41, 5.74) is 4.13. The van der Waals surface area contributed by atoms with Gasteiger partial charge in [-0.1, -0.05) is 48.9 Å². The fraction of sp³-hybridized carbons (Fsp3) is 0.235. The highest BCUT2D eigenvalue weighted by atomic mass is 16.7. The summed E-state index contributed by atoms with van der Waals surface area (Å²) in [4.78, 5) is 11.8. The summed E-state index contributed by atoms with van der Waals surface area (Å²) in [6, 6.07) is 7.52. The molecule has 0 N–H and O–H groups in total. The van der Waals surface area contributed by atoms with Crippen LogP contribution in [0.15, 0.2) is 53.6 Å². The van der Waals surface area contributed by atoms with Crippen molar-refractivity contribution in [1.29, 1.82) is 0 Å². The molecule has 0 amide bonds. The molecule has 2 aliphatic rings. The molecule has 0 radical (unpaired) electrons. The number of carbonyl (C=O) groups is 1. The van der Waals surface area contributed by atoms with Gasteiger partial charge in [-0.2, -0.15) is 0 Å². The smallest absolute Gasteiger partial charge is 0.421 e. The molecular formula is C17H16O3. The van der Waals surface area contributed by atoms with Crippen LogP contribution in [0.3, 0.4) is 0 Å². The molecule has 1 aliphatic carbocycles. The van der Waals surface area contributed by atoms with Crippen LogP contribution in [0.4, 0.5) is 4.79 Å². The third kappa shape index (κ3) is 2.05. The number of ether oxygens (including phenoxy) is 2. The topological polar surface area (TPSA) is 35.5 Å². The zero-order chi connectivity index (χ0) is 14.1. The lowest BCUT2D eigenvalue weighted by atomic mass is 9.88. The van der Waals surface area contributed by atoms with E-state index in [1.807, 2.05) is 36.4 Å². The highest BCUT2D eigenvalue weighted by molar-refractivity contribution is 5.84. The third-order valence-corrected chi connectivity index (χ3v) is 3.75. The average molecular weight is 268 g/mol. The number of allylic oxidation sites excluding steroid dienone is 3. The second kappa shape index (κ2) is 5.00. The minimum Gasteiger partial charge on any atom is -0.421 e. The summed E-state index contributed by atoms with van der Waals surface area (Å²) in [6.07, 6.45) is 5.88. The van der Waals surface area contributed by atoms with E-state index in [0.717, 1.165) is 23.1 Å². The first-order valence-corrected chi connectivity index (χ1v) is 6.76. The van der Waals surface area contributed by atoms with Gasteiger partial charge in [-0.25, -0.2) is 4.79 Å². The molecule has 1 aromatic rings. The Morgan fingerprint density at radius 3 is 2.90 bits per heavy atom. The molecule has 3 heteroatoms. The van der Waals surface area contributed by atoms with Gasteiger partial charge >= 0.3 is 6.16 Å². The van der Waals surface area contributed by atoms with Crippen LogP contribution in [0, 0.1) is 0 Å². The predicted molar refractivity (Wildman–Crippen MR) is 77.4 cm³/mol. The molecule has 0 saturated carbocycles. The summed E-state index contributed by atoms with van der Waals surface area (Å²) in [7, 11) is 0. The van der Waals surface area contributed by atoms with Crippen molar-refractivity contribution in [2.45, 2.75) is 26.4 Å². The van der Waals surface area contributed by atoms with Crippen LogP contribution in [0.5, 0.6) is 5.75 Å². The van der Waals surface area contributed by atoms with E-state index in [4.69, 9.17) is 9.47 Å². The monoisotopic (exact) mass is 268 g/mol. The molecule has 1 aliphatic heterocycles. The van der Waals surface area contributed by atoms with Crippen LogP contribution in [-0.2, 0) is 4.74 Å². The van der Waals surface area contributed by atoms with Crippen molar-refractivity contribution in [3.05, 3.63) is 59.2 Å². The highest BCUT2D eigenvalue weighted by Gasteiger charge is 2.32. The van der Waals surface area contributed by atoms with Crippen LogP contribution < -0.4 is 4.74 Å². The van der Waals surface area contributed by atoms with Gasteiger partial charge in [0.1, 0.15) is 5.75 Å². The van der Waals surface area contributed by atoms with Crippen LogP contribution in [0.1, 0.15) is 25.8 Å². The Bertz CT molecular complexity index is 650. The van der Waals surface area contributed by atoms with Crippen molar-refractivity contribution < 1.29 is 14.3 Å². The van der Waals surface area contributed by atoms with E-state index in [1.54, 1.807) is 6.07 Å². The first-order valence-electron chi connectivity index (χ1n) is 6.76. The molecule has 3 rings (SSSR count). The lowest BCUT2D eigenvalue weighted by Crippen LogP contribution is -2.22. The molecule has 1 unspecified atom stereocenters. The van der Waals surface area contributed by atoms with Gasteiger partial charge in [-0.15, -0.1) is 0 Å². The molecule has 102 valence electrons. The maximum Gasteiger partial charge on any atom is 0.514 e. The lowest BCUT2D eigenvalue weighted by molar-refractivity contribution is 0.0941. The molecule has 0 bridgehead atoms. The SMILES string of the molecule is CCC(C)=C1C=CC=C2c3ccccc3OC(=O)OC21. The van der Waals surface area contributed by atoms with E-state index < -0.39 is 6.16 Å². The summed E-state index contributed by atoms with van der Waals surface area (Å²) in [6.45, 7) is 4.16. The molecule has 0 spiro atoms. The number of hydrogen-bond donors (Lipinski definition) is 0. The third-order valence-electron chi connectivity index (χ3n) is 3.75. The molecule has 3 nitrogen and oxygen atoms in total. The van der Waals surface area contributed by atoms with Gasteiger partial charge in [-0.05, 0) is 25.0 Å². The lowest BCUT2D eigenvalue weighted by Gasteiger charge is -2.23. The van der Waals surface area contributed by atoms with Gasteiger partial charge in [0.25, 0.3) is 0 Å². The normalized spacial score (nSPS) is 22.8. The first-order chi connectivity index (χ1) is 9.70. The van der Waals surface area contributed by atoms with E-state index >= 15 is 0 Å². The van der Waals surface area contributed by atoms with Crippen molar-refractivity contribution >= 4 is 11.7 Å². The fourth-order valence-electron chi connectivity index (χ4n) is 2.53. The number of hydrogen-bond acceptors (Lipinski definition) is 3. The van der Waals surface area contributed by atoms with Crippen LogP contribution in [0.2, 0.25) is 0 Å². The largest absolute Gasteiger partial charge is 0.514 e. The van der Waals surface area contributed by atoms with Crippen molar-refractivity contribution in [2.24, 2.45) is 0 Å². The summed E-state index contributed by atoms with van der Waals surface area (Å²) >= 11 is 0. The molecule has 0 saturated heterocycles. The summed E-state index contributed by atoms with van der Waals surface area (Å²) in [5.74, 6) is 0.551. The molecule has 20 heavy (non-hydrogen) atoms. The quantitative estimate of drug-likeness (QED) is 0.564. The Morgan fingerprint density at radius 1 is 1.30 bits per heavy atom. The summed E-state index contributed by atoms with van der Waals surface area (Å²) in [5, 5.41) is 0. The van der Waals surface area contributed by atoms with Gasteiger partial charge in [0.15, 0.2) is 6.10 Å². The Hall–Kier alpha value is -2.29. The molecule has 0 fully saturated rings. The number of benzene rings is 1. The standard InChI is InChI=1S/C17H16O3/c1-3-11(2)12-8-6-9-14-13-7-4-5-10-15(13)19-17(18)20-16(12)14/h4-10,16H,3H2,1-2H3. The van der Waals surface area contributed by atoms with Gasteiger partial charge in [0, 0.05) is 11.1 Å². The zero-order valence-corrected chi connectivity index (χ0v) is 11.6. The zero-order valence-electron chi connectivity index (χ0n) is 11.6. The molecule has 1 heterocycles. The Labute approximate surface area is 118 Å². The van der Waals surface area contributed by atoms with E-state index in [1.165, 1.54) is 5.57 Å². The number of rotatable bonds is 1. The van der Waals surface area contributed by atoms with Crippen molar-refractivity contribution in [3.63, 3.8) is 0 Å². The maximum atomic E-state index is 11.8. The van der Waals surface area contributed by atoms with E-state index in [9.17, 15) is 4.79 Å². The maximum absolute atomic E-state index is 11.8. The minimum atomic E-state index is -0.650. The van der Waals surface area contributed by atoms with Crippen LogP contribution in [0.25, 0.3) is 5.57 Å². The second-order valence-electron chi connectivity index (χ2n) is 4.92. The molecule has 1 aromatic carbocycles. The van der Waals surface area contributed by atoms with E-state index in [2.05, 4.69) is 13.8 Å². The predicted octanol–water partition coefficient (Wildman–Crippen LogP) is 4.26. The fourth-order valence-corrected chi connectivity index (χ4v) is 2.53. The molecular weight excluding hydrogens is 252 g/mol. The van der Waals surface area contributed by atoms with E-state index in [-0.39, 0.29) is 6.10 Å². The Kier molecular flexibility index (Phi) is 3.18. The van der Waals surface area contributed by atoms with Crippen LogP contribution >= 0.6 is 0 Å². The Balaban J connectivity index is 2.17. The minimum absolute atomic E-state index is 0.379. The Morgan fingerprint density at radius 2 is 2.10 bits per heavy atom. The van der Waals surface area contributed by atoms with E-state index in [0.29, 0.717) is 5.75 Å². The van der Waals surface area contributed by atoms with Crippen LogP contribution in [-0.4, -0.2) is 12.3 Å². The number of para-hydroxylation sites is 1.